The van der Waals surface area contributed by atoms with Gasteiger partial charge in [0.1, 0.15) is 5.82 Å². The van der Waals surface area contributed by atoms with Crippen molar-refractivity contribution in [2.45, 2.75) is 32.6 Å². The number of likely N-dealkylation sites (tertiary alicyclic amines) is 1. The summed E-state index contributed by atoms with van der Waals surface area (Å²) in [7, 11) is 3.96. The molecule has 1 aromatic carbocycles. The lowest BCUT2D eigenvalue weighted by Gasteiger charge is -2.32. The van der Waals surface area contributed by atoms with Gasteiger partial charge >= 0.3 is 0 Å². The van der Waals surface area contributed by atoms with Crippen LogP contribution < -0.4 is 0 Å². The van der Waals surface area contributed by atoms with Crippen LogP contribution in [-0.2, 0) is 14.1 Å². The monoisotopic (exact) mass is 351 g/mol. The van der Waals surface area contributed by atoms with Gasteiger partial charge in [-0.05, 0) is 38.8 Å². The first-order valence-electron chi connectivity index (χ1n) is 9.18. The van der Waals surface area contributed by atoms with Crippen molar-refractivity contribution < 1.29 is 4.79 Å². The first kappa shape index (κ1) is 16.8. The van der Waals surface area contributed by atoms with Crippen LogP contribution in [0.25, 0.3) is 11.0 Å². The number of benzene rings is 1. The Hall–Kier alpha value is -2.63. The molecule has 1 aliphatic rings. The number of piperidine rings is 1. The average Bonchev–Trinajstić information content (AvgIpc) is 3.11. The summed E-state index contributed by atoms with van der Waals surface area (Å²) in [4.78, 5) is 20.0. The summed E-state index contributed by atoms with van der Waals surface area (Å²) in [5, 5.41) is 4.40. The van der Waals surface area contributed by atoms with Crippen molar-refractivity contribution in [3.05, 3.63) is 47.0 Å². The quantitative estimate of drug-likeness (QED) is 0.713. The lowest BCUT2D eigenvalue weighted by Crippen LogP contribution is -2.40. The lowest BCUT2D eigenvalue weighted by molar-refractivity contribution is 0.0702. The maximum Gasteiger partial charge on any atom is 0.257 e. The fraction of sp³-hybridized carbons (Fsp3) is 0.450. The third-order valence-corrected chi connectivity index (χ3v) is 5.62. The highest BCUT2D eigenvalue weighted by atomic mass is 16.2. The molecule has 1 atom stereocenters. The molecular weight excluding hydrogens is 326 g/mol. The van der Waals surface area contributed by atoms with Gasteiger partial charge in [0.25, 0.3) is 5.91 Å². The smallest absolute Gasteiger partial charge is 0.257 e. The molecule has 1 saturated heterocycles. The first-order valence-corrected chi connectivity index (χ1v) is 9.18. The lowest BCUT2D eigenvalue weighted by atomic mass is 9.96. The maximum absolute atomic E-state index is 13.1. The molecule has 6 heteroatoms. The molecule has 6 nitrogen and oxygen atoms in total. The van der Waals surface area contributed by atoms with E-state index in [9.17, 15) is 4.79 Å². The summed E-state index contributed by atoms with van der Waals surface area (Å²) in [6, 6.07) is 8.20. The number of imidazole rings is 1. The standard InChI is InChI=1S/C20H25N5O/c1-13-18(14(2)24(4)22-13)20(26)25-11-7-8-15(12-25)19-21-16-9-5-6-10-17(16)23(19)3/h5-6,9-10,15H,7-8,11-12H2,1-4H3. The van der Waals surface area contributed by atoms with Crippen LogP contribution in [0.4, 0.5) is 0 Å². The van der Waals surface area contributed by atoms with Gasteiger partial charge in [-0.3, -0.25) is 9.48 Å². The fourth-order valence-electron chi connectivity index (χ4n) is 4.14. The molecule has 0 aliphatic carbocycles. The Morgan fingerprint density at radius 2 is 1.96 bits per heavy atom. The minimum atomic E-state index is 0.0940. The Kier molecular flexibility index (Phi) is 4.05. The topological polar surface area (TPSA) is 56.0 Å². The van der Waals surface area contributed by atoms with Gasteiger partial charge in [-0.15, -0.1) is 0 Å². The summed E-state index contributed by atoms with van der Waals surface area (Å²) in [6.07, 6.45) is 2.06. The van der Waals surface area contributed by atoms with Gasteiger partial charge in [0, 0.05) is 38.8 Å². The molecule has 1 amide bonds. The van der Waals surface area contributed by atoms with Crippen LogP contribution in [0, 0.1) is 13.8 Å². The molecule has 0 bridgehead atoms. The average molecular weight is 351 g/mol. The fourth-order valence-corrected chi connectivity index (χ4v) is 4.14. The number of nitrogens with zero attached hydrogens (tertiary/aromatic N) is 5. The number of fused-ring (bicyclic) bond motifs is 1. The molecule has 3 heterocycles. The van der Waals surface area contributed by atoms with Crippen molar-refractivity contribution in [3.8, 4) is 0 Å². The number of carbonyl (C=O) groups excluding carboxylic acids is 1. The Morgan fingerprint density at radius 3 is 2.65 bits per heavy atom. The molecular formula is C20H25N5O. The van der Waals surface area contributed by atoms with Crippen molar-refractivity contribution >= 4 is 16.9 Å². The molecule has 0 saturated carbocycles. The van der Waals surface area contributed by atoms with Crippen molar-refractivity contribution in [1.82, 2.24) is 24.2 Å². The van der Waals surface area contributed by atoms with E-state index < -0.39 is 0 Å². The third-order valence-electron chi connectivity index (χ3n) is 5.62. The second kappa shape index (κ2) is 6.27. The van der Waals surface area contributed by atoms with Gasteiger partial charge < -0.3 is 9.47 Å². The maximum atomic E-state index is 13.1. The van der Waals surface area contributed by atoms with Crippen molar-refractivity contribution in [2.24, 2.45) is 14.1 Å². The van der Waals surface area contributed by atoms with E-state index >= 15 is 0 Å². The van der Waals surface area contributed by atoms with Crippen LogP contribution in [0.2, 0.25) is 0 Å². The summed E-state index contributed by atoms with van der Waals surface area (Å²) < 4.78 is 3.96. The van der Waals surface area contributed by atoms with Crippen molar-refractivity contribution in [2.75, 3.05) is 13.1 Å². The van der Waals surface area contributed by atoms with Gasteiger partial charge in [-0.2, -0.15) is 5.10 Å². The molecule has 1 unspecified atom stereocenters. The van der Waals surface area contributed by atoms with E-state index in [-0.39, 0.29) is 11.8 Å². The van der Waals surface area contributed by atoms with Gasteiger partial charge in [0.05, 0.1) is 22.3 Å². The molecule has 26 heavy (non-hydrogen) atoms. The Morgan fingerprint density at radius 1 is 1.19 bits per heavy atom. The van der Waals surface area contributed by atoms with Crippen LogP contribution in [0.5, 0.6) is 0 Å². The van der Waals surface area contributed by atoms with Gasteiger partial charge in [-0.25, -0.2) is 4.98 Å². The molecule has 0 radical (unpaired) electrons. The third kappa shape index (κ3) is 2.60. The minimum Gasteiger partial charge on any atom is -0.338 e. The largest absolute Gasteiger partial charge is 0.338 e. The highest BCUT2D eigenvalue weighted by molar-refractivity contribution is 5.96. The van der Waals surface area contributed by atoms with Crippen molar-refractivity contribution in [1.29, 1.82) is 0 Å². The summed E-state index contributed by atoms with van der Waals surface area (Å²) in [5.74, 6) is 1.43. The molecule has 0 spiro atoms. The number of para-hydroxylation sites is 2. The Balaban J connectivity index is 1.63. The Labute approximate surface area is 153 Å². The second-order valence-corrected chi connectivity index (χ2v) is 7.28. The summed E-state index contributed by atoms with van der Waals surface area (Å²) in [5.41, 5.74) is 4.65. The van der Waals surface area contributed by atoms with Crippen LogP contribution >= 0.6 is 0 Å². The van der Waals surface area contributed by atoms with Crippen LogP contribution in [-0.4, -0.2) is 43.2 Å². The number of hydrogen-bond acceptors (Lipinski definition) is 3. The normalized spacial score (nSPS) is 17.8. The SMILES string of the molecule is Cc1nn(C)c(C)c1C(=O)N1CCCC(c2nc3ccccc3n2C)C1. The van der Waals surface area contributed by atoms with E-state index in [2.05, 4.69) is 22.8 Å². The Bertz CT molecular complexity index is 984. The summed E-state index contributed by atoms with van der Waals surface area (Å²) in [6.45, 7) is 5.38. The van der Waals surface area contributed by atoms with E-state index in [1.165, 1.54) is 0 Å². The number of carbonyl (C=O) groups is 1. The predicted molar refractivity (Wildman–Crippen MR) is 101 cm³/mol. The minimum absolute atomic E-state index is 0.0940. The predicted octanol–water partition coefficient (Wildman–Crippen LogP) is 2.94. The highest BCUT2D eigenvalue weighted by Gasteiger charge is 2.30. The first-order chi connectivity index (χ1) is 12.5. The zero-order valence-electron chi connectivity index (χ0n) is 15.9. The van der Waals surface area contributed by atoms with E-state index in [4.69, 9.17) is 4.98 Å². The van der Waals surface area contributed by atoms with E-state index in [1.54, 1.807) is 4.68 Å². The molecule has 3 aromatic rings. The molecule has 4 rings (SSSR count). The number of amides is 1. The number of aromatic nitrogens is 4. The summed E-state index contributed by atoms with van der Waals surface area (Å²) >= 11 is 0. The molecule has 0 N–H and O–H groups in total. The zero-order valence-corrected chi connectivity index (χ0v) is 15.9. The van der Waals surface area contributed by atoms with Gasteiger partial charge in [-0.1, -0.05) is 12.1 Å². The molecule has 1 fully saturated rings. The molecule has 2 aromatic heterocycles. The number of aryl methyl sites for hydroxylation is 3. The zero-order chi connectivity index (χ0) is 18.4. The van der Waals surface area contributed by atoms with Gasteiger partial charge in [0.2, 0.25) is 0 Å². The second-order valence-electron chi connectivity index (χ2n) is 7.28. The molecule has 136 valence electrons. The van der Waals surface area contributed by atoms with E-state index in [1.807, 2.05) is 44.0 Å². The van der Waals surface area contributed by atoms with Gasteiger partial charge in [0.15, 0.2) is 0 Å². The van der Waals surface area contributed by atoms with Crippen LogP contribution in [0.3, 0.4) is 0 Å². The number of hydrogen-bond donors (Lipinski definition) is 0. The highest BCUT2D eigenvalue weighted by Crippen LogP contribution is 2.30. The molecule has 1 aliphatic heterocycles. The van der Waals surface area contributed by atoms with Crippen LogP contribution in [0.1, 0.15) is 46.3 Å². The van der Waals surface area contributed by atoms with Crippen molar-refractivity contribution in [3.63, 3.8) is 0 Å². The van der Waals surface area contributed by atoms with E-state index in [0.29, 0.717) is 6.54 Å². The van der Waals surface area contributed by atoms with E-state index in [0.717, 1.165) is 53.2 Å². The number of rotatable bonds is 2. The van der Waals surface area contributed by atoms with Crippen LogP contribution in [0.15, 0.2) is 24.3 Å².